The molecule has 2 aliphatic heterocycles. The topological polar surface area (TPSA) is 45.5 Å². The zero-order valence-corrected chi connectivity index (χ0v) is 11.3. The Morgan fingerprint density at radius 2 is 2.11 bits per heavy atom. The van der Waals surface area contributed by atoms with Crippen LogP contribution in [0.3, 0.4) is 0 Å². The van der Waals surface area contributed by atoms with Crippen molar-refractivity contribution in [3.63, 3.8) is 0 Å². The van der Waals surface area contributed by atoms with Crippen molar-refractivity contribution >= 4 is 17.3 Å². The number of ether oxygens (including phenoxy) is 2. The van der Waals surface area contributed by atoms with Crippen LogP contribution >= 0.6 is 11.6 Å². The number of hydrogen-bond acceptors (Lipinski definition) is 4. The van der Waals surface area contributed by atoms with Gasteiger partial charge in [-0.05, 0) is 24.6 Å². The Hall–Kier alpha value is -1.28. The Kier molecular flexibility index (Phi) is 3.36. The van der Waals surface area contributed by atoms with Crippen molar-refractivity contribution in [3.05, 3.63) is 28.8 Å². The maximum Gasteiger partial charge on any atom is 0.186 e. The number of hydrogen-bond donors (Lipinski definition) is 0. The number of nitrogens with zero attached hydrogens (tertiary/aromatic N) is 2. The highest BCUT2D eigenvalue weighted by atomic mass is 35.5. The molecule has 4 nitrogen and oxygen atoms in total. The van der Waals surface area contributed by atoms with Gasteiger partial charge in [-0.25, -0.2) is 0 Å². The first kappa shape index (κ1) is 12.7. The molecule has 1 aromatic carbocycles. The van der Waals surface area contributed by atoms with Gasteiger partial charge in [-0.1, -0.05) is 11.6 Å². The second-order valence-corrected chi connectivity index (χ2v) is 5.32. The highest BCUT2D eigenvalue weighted by molar-refractivity contribution is 6.32. The van der Waals surface area contributed by atoms with Crippen LogP contribution in [0, 0.1) is 11.3 Å². The summed E-state index contributed by atoms with van der Waals surface area (Å²) < 4.78 is 11.5. The first-order valence-corrected chi connectivity index (χ1v) is 6.83. The lowest BCUT2D eigenvalue weighted by Gasteiger charge is -2.39. The van der Waals surface area contributed by atoms with E-state index >= 15 is 0 Å². The monoisotopic (exact) mass is 278 g/mol. The number of nitriles is 1. The number of piperidine rings is 1. The molecule has 2 saturated heterocycles. The maximum atomic E-state index is 8.90. The zero-order chi connectivity index (χ0) is 13.3. The summed E-state index contributed by atoms with van der Waals surface area (Å²) in [5.41, 5.74) is 1.52. The number of anilines is 1. The predicted octanol–water partition coefficient (Wildman–Crippen LogP) is 2.55. The van der Waals surface area contributed by atoms with Crippen LogP contribution in [0.4, 0.5) is 5.69 Å². The Morgan fingerprint density at radius 1 is 1.32 bits per heavy atom. The van der Waals surface area contributed by atoms with E-state index in [0.717, 1.165) is 31.6 Å². The fourth-order valence-corrected chi connectivity index (χ4v) is 2.95. The minimum Gasteiger partial charge on any atom is -0.366 e. The number of benzene rings is 1. The van der Waals surface area contributed by atoms with E-state index in [2.05, 4.69) is 11.0 Å². The zero-order valence-electron chi connectivity index (χ0n) is 10.6. The summed E-state index contributed by atoms with van der Waals surface area (Å²) in [4.78, 5) is 2.21. The van der Waals surface area contributed by atoms with Crippen LogP contribution in [0.5, 0.6) is 0 Å². The summed E-state index contributed by atoms with van der Waals surface area (Å²) in [6.45, 7) is 3.01. The highest BCUT2D eigenvalue weighted by Gasteiger charge is 2.40. The van der Waals surface area contributed by atoms with Crippen LogP contribution in [0.2, 0.25) is 5.02 Å². The Labute approximate surface area is 117 Å². The first-order valence-electron chi connectivity index (χ1n) is 6.45. The van der Waals surface area contributed by atoms with Crippen molar-refractivity contribution < 1.29 is 9.47 Å². The molecule has 0 amide bonds. The van der Waals surface area contributed by atoms with Crippen LogP contribution in [-0.2, 0) is 9.47 Å². The van der Waals surface area contributed by atoms with Crippen molar-refractivity contribution in [1.29, 1.82) is 5.26 Å². The quantitative estimate of drug-likeness (QED) is 0.792. The second-order valence-electron chi connectivity index (χ2n) is 4.91. The van der Waals surface area contributed by atoms with Gasteiger partial charge in [0.15, 0.2) is 5.79 Å². The molecule has 5 heteroatoms. The van der Waals surface area contributed by atoms with Crippen molar-refractivity contribution in [1.82, 2.24) is 0 Å². The fourth-order valence-electron chi connectivity index (χ4n) is 2.73. The molecule has 0 N–H and O–H groups in total. The summed E-state index contributed by atoms with van der Waals surface area (Å²) in [6, 6.07) is 7.60. The van der Waals surface area contributed by atoms with E-state index in [1.807, 2.05) is 12.1 Å². The van der Waals surface area contributed by atoms with E-state index in [0.29, 0.717) is 23.8 Å². The molecule has 0 atom stereocenters. The van der Waals surface area contributed by atoms with Crippen molar-refractivity contribution in [2.45, 2.75) is 18.6 Å². The molecule has 0 aliphatic carbocycles. The third-order valence-corrected chi connectivity index (χ3v) is 3.98. The second kappa shape index (κ2) is 5.01. The first-order chi connectivity index (χ1) is 9.22. The largest absolute Gasteiger partial charge is 0.366 e. The van der Waals surface area contributed by atoms with Gasteiger partial charge in [0, 0.05) is 18.7 Å². The third kappa shape index (κ3) is 2.42. The van der Waals surface area contributed by atoms with Crippen LogP contribution in [-0.4, -0.2) is 32.1 Å². The summed E-state index contributed by atoms with van der Waals surface area (Å²) in [7, 11) is 0. The summed E-state index contributed by atoms with van der Waals surface area (Å²) in [6.07, 6.45) is 1.96. The van der Waals surface area contributed by atoms with Gasteiger partial charge >= 0.3 is 0 Å². The smallest absolute Gasteiger partial charge is 0.186 e. The molecule has 0 radical (unpaired) electrons. The molecule has 3 rings (SSSR count). The Bertz CT molecular complexity index is 521. The van der Waals surface area contributed by atoms with Crippen LogP contribution in [0.1, 0.15) is 18.4 Å². The van der Waals surface area contributed by atoms with E-state index in [-0.39, 0.29) is 0 Å². The van der Waals surface area contributed by atoms with Crippen molar-refractivity contribution in [2.24, 2.45) is 0 Å². The minimum atomic E-state index is -0.446. The third-order valence-electron chi connectivity index (χ3n) is 3.67. The molecule has 0 unspecified atom stereocenters. The molecule has 100 valence electrons. The van der Waals surface area contributed by atoms with Crippen LogP contribution in [0.15, 0.2) is 18.2 Å². The maximum absolute atomic E-state index is 8.90. The summed E-state index contributed by atoms with van der Waals surface area (Å²) in [5.74, 6) is -0.446. The highest BCUT2D eigenvalue weighted by Crippen LogP contribution is 2.33. The summed E-state index contributed by atoms with van der Waals surface area (Å²) >= 11 is 6.09. The molecule has 0 saturated carbocycles. The molecule has 2 heterocycles. The standard InChI is InChI=1S/C14H15ClN2O2/c15-13-8-12(3-2-11(13)9-16)17-5-1-4-14(10-17)18-6-7-19-14/h2-3,8H,1,4-7,10H2. The van der Waals surface area contributed by atoms with E-state index in [4.69, 9.17) is 26.3 Å². The normalized spacial score (nSPS) is 21.6. The summed E-state index contributed by atoms with van der Waals surface area (Å²) in [5, 5.41) is 9.39. The number of rotatable bonds is 1. The van der Waals surface area contributed by atoms with Gasteiger partial charge in [0.05, 0.1) is 30.3 Å². The molecule has 0 aromatic heterocycles. The van der Waals surface area contributed by atoms with E-state index in [9.17, 15) is 0 Å². The molecule has 1 aromatic rings. The predicted molar refractivity (Wildman–Crippen MR) is 72.2 cm³/mol. The molecular formula is C14H15ClN2O2. The minimum absolute atomic E-state index is 0.446. The van der Waals surface area contributed by atoms with Crippen molar-refractivity contribution in [2.75, 3.05) is 31.2 Å². The lowest BCUT2D eigenvalue weighted by molar-refractivity contribution is -0.161. The average molecular weight is 279 g/mol. The van der Waals surface area contributed by atoms with Gasteiger partial charge in [-0.3, -0.25) is 0 Å². The number of halogens is 1. The van der Waals surface area contributed by atoms with Crippen molar-refractivity contribution in [3.8, 4) is 6.07 Å². The lowest BCUT2D eigenvalue weighted by atomic mass is 10.0. The molecule has 2 fully saturated rings. The molecule has 1 spiro atoms. The van der Waals surface area contributed by atoms with E-state index in [1.165, 1.54) is 0 Å². The lowest BCUT2D eigenvalue weighted by Crippen LogP contribution is -2.49. The van der Waals surface area contributed by atoms with E-state index < -0.39 is 5.79 Å². The van der Waals surface area contributed by atoms with Crippen LogP contribution in [0.25, 0.3) is 0 Å². The van der Waals surface area contributed by atoms with Gasteiger partial charge < -0.3 is 14.4 Å². The van der Waals surface area contributed by atoms with Gasteiger partial charge in [0.1, 0.15) is 6.07 Å². The fraction of sp³-hybridized carbons (Fsp3) is 0.500. The van der Waals surface area contributed by atoms with Crippen LogP contribution < -0.4 is 4.90 Å². The van der Waals surface area contributed by atoms with Gasteiger partial charge in [0.2, 0.25) is 0 Å². The molecule has 19 heavy (non-hydrogen) atoms. The Balaban J connectivity index is 1.82. The van der Waals surface area contributed by atoms with Gasteiger partial charge in [-0.15, -0.1) is 0 Å². The van der Waals surface area contributed by atoms with E-state index in [1.54, 1.807) is 6.07 Å². The molecular weight excluding hydrogens is 264 g/mol. The molecule has 0 bridgehead atoms. The van der Waals surface area contributed by atoms with Gasteiger partial charge in [-0.2, -0.15) is 5.26 Å². The van der Waals surface area contributed by atoms with Gasteiger partial charge in [0.25, 0.3) is 0 Å². The molecule has 2 aliphatic rings. The Morgan fingerprint density at radius 3 is 2.79 bits per heavy atom. The average Bonchev–Trinajstić information content (AvgIpc) is 2.86. The SMILES string of the molecule is N#Cc1ccc(N2CCCC3(C2)OCCO3)cc1Cl.